The number of piperidine rings is 1. The molecule has 2 N–H and O–H groups in total. The van der Waals surface area contributed by atoms with Crippen molar-refractivity contribution in [2.75, 3.05) is 39.3 Å². The average molecular weight is 345 g/mol. The van der Waals surface area contributed by atoms with E-state index in [1.165, 1.54) is 5.56 Å². The fourth-order valence-electron chi connectivity index (χ4n) is 4.35. The molecule has 0 radical (unpaired) electrons. The zero-order valence-electron chi connectivity index (χ0n) is 14.6. The van der Waals surface area contributed by atoms with Crippen molar-refractivity contribution in [1.29, 1.82) is 0 Å². The van der Waals surface area contributed by atoms with Crippen LogP contribution in [-0.2, 0) is 6.42 Å². The maximum absolute atomic E-state index is 12.0. The summed E-state index contributed by atoms with van der Waals surface area (Å²) < 4.78 is 5.88. The third kappa shape index (κ3) is 3.60. The second kappa shape index (κ2) is 7.22. The Bertz CT molecular complexity index is 624. The number of carbonyl (C=O) groups excluding carboxylic acids is 1. The van der Waals surface area contributed by atoms with Crippen molar-refractivity contribution in [2.24, 2.45) is 5.92 Å². The molecule has 3 heterocycles. The minimum absolute atomic E-state index is 0.0268. The number of carbonyl (C=O) groups is 1. The molecule has 2 amide bonds. The molecule has 25 heavy (non-hydrogen) atoms. The smallest absolute Gasteiger partial charge is 0.317 e. The van der Waals surface area contributed by atoms with Crippen LogP contribution in [0, 0.1) is 5.92 Å². The van der Waals surface area contributed by atoms with Crippen LogP contribution in [0.3, 0.4) is 0 Å². The quantitative estimate of drug-likeness (QED) is 0.861. The lowest BCUT2D eigenvalue weighted by Gasteiger charge is -2.44. The molecule has 0 aromatic heterocycles. The predicted molar refractivity (Wildman–Crippen MR) is 94.7 cm³/mol. The first-order chi connectivity index (χ1) is 12.2. The van der Waals surface area contributed by atoms with E-state index in [0.717, 1.165) is 57.8 Å². The number of hydrogen-bond donors (Lipinski definition) is 2. The van der Waals surface area contributed by atoms with E-state index in [0.29, 0.717) is 12.5 Å². The molecule has 2 saturated heterocycles. The molecule has 3 unspecified atom stereocenters. The zero-order chi connectivity index (χ0) is 17.2. The summed E-state index contributed by atoms with van der Waals surface area (Å²) >= 11 is 0. The molecule has 3 aliphatic heterocycles. The lowest BCUT2D eigenvalue weighted by Crippen LogP contribution is -2.60. The first kappa shape index (κ1) is 16.7. The fraction of sp³-hybridized carbons (Fsp3) is 0.632. The minimum Gasteiger partial charge on any atom is -0.493 e. The maximum Gasteiger partial charge on any atom is 0.317 e. The number of nitrogens with one attached hydrogen (secondary N) is 1. The molecule has 4 rings (SSSR count). The summed E-state index contributed by atoms with van der Waals surface area (Å²) in [5.41, 5.74) is 1.28. The van der Waals surface area contributed by atoms with Crippen molar-refractivity contribution in [2.45, 2.75) is 31.4 Å². The van der Waals surface area contributed by atoms with E-state index in [1.807, 2.05) is 17.0 Å². The van der Waals surface area contributed by atoms with Crippen molar-refractivity contribution >= 4 is 6.03 Å². The van der Waals surface area contributed by atoms with Crippen LogP contribution in [-0.4, -0.2) is 72.4 Å². The van der Waals surface area contributed by atoms with Gasteiger partial charge in [-0.15, -0.1) is 0 Å². The summed E-state index contributed by atoms with van der Waals surface area (Å²) in [5, 5.41) is 13.5. The van der Waals surface area contributed by atoms with Crippen LogP contribution in [0.4, 0.5) is 4.79 Å². The van der Waals surface area contributed by atoms with Gasteiger partial charge in [0.05, 0.1) is 18.8 Å². The van der Waals surface area contributed by atoms with E-state index < -0.39 is 6.10 Å². The first-order valence-corrected chi connectivity index (χ1v) is 9.36. The van der Waals surface area contributed by atoms with Crippen LogP contribution in [0.15, 0.2) is 24.3 Å². The summed E-state index contributed by atoms with van der Waals surface area (Å²) in [6.07, 6.45) is 2.34. The predicted octanol–water partition coefficient (Wildman–Crippen LogP) is 1.09. The highest BCUT2D eigenvalue weighted by Gasteiger charge is 2.36. The van der Waals surface area contributed by atoms with Crippen molar-refractivity contribution in [3.05, 3.63) is 29.8 Å². The van der Waals surface area contributed by atoms with Crippen molar-refractivity contribution in [1.82, 2.24) is 15.1 Å². The topological polar surface area (TPSA) is 65.0 Å². The molecule has 1 aromatic carbocycles. The number of para-hydroxylation sites is 1. The number of β-amino-alcohol motifs (C(OH)–C–C–N with tert-alkyl or cyclic N) is 1. The number of benzene rings is 1. The standard InChI is InChI=1S/C19H27N3O3/c23-17-12-21(9-6-16(17)22-8-3-7-20-19(22)24)11-14-10-15-4-1-2-5-18(15)25-13-14/h1-2,4-5,14,16-17,23H,3,6-13H2,(H,20,24). The summed E-state index contributed by atoms with van der Waals surface area (Å²) in [7, 11) is 0. The molecule has 0 aliphatic carbocycles. The summed E-state index contributed by atoms with van der Waals surface area (Å²) in [5.74, 6) is 1.46. The Labute approximate surface area is 148 Å². The highest BCUT2D eigenvalue weighted by atomic mass is 16.5. The molecule has 2 fully saturated rings. The van der Waals surface area contributed by atoms with Crippen molar-refractivity contribution < 1.29 is 14.6 Å². The fourth-order valence-corrected chi connectivity index (χ4v) is 4.35. The second-order valence-corrected chi connectivity index (χ2v) is 7.45. The lowest BCUT2D eigenvalue weighted by molar-refractivity contribution is -0.00895. The Morgan fingerprint density at radius 3 is 3.00 bits per heavy atom. The highest BCUT2D eigenvalue weighted by molar-refractivity contribution is 5.75. The molecule has 6 heteroatoms. The lowest BCUT2D eigenvalue weighted by atomic mass is 9.94. The Balaban J connectivity index is 1.32. The maximum atomic E-state index is 12.0. The van der Waals surface area contributed by atoms with Gasteiger partial charge in [0.25, 0.3) is 0 Å². The number of aliphatic hydroxyl groups excluding tert-OH is 1. The molecule has 1 aromatic rings. The minimum atomic E-state index is -0.477. The molecule has 0 saturated carbocycles. The van der Waals surface area contributed by atoms with E-state index in [-0.39, 0.29) is 12.1 Å². The van der Waals surface area contributed by atoms with Crippen LogP contribution in [0.1, 0.15) is 18.4 Å². The summed E-state index contributed by atoms with van der Waals surface area (Å²) in [6.45, 7) is 4.72. The van der Waals surface area contributed by atoms with E-state index in [4.69, 9.17) is 4.74 Å². The number of ether oxygens (including phenoxy) is 1. The number of amides is 2. The monoisotopic (exact) mass is 345 g/mol. The van der Waals surface area contributed by atoms with E-state index in [9.17, 15) is 9.90 Å². The van der Waals surface area contributed by atoms with Crippen LogP contribution in [0.5, 0.6) is 5.75 Å². The van der Waals surface area contributed by atoms with Gasteiger partial charge in [-0.25, -0.2) is 4.79 Å². The number of urea groups is 1. The first-order valence-electron chi connectivity index (χ1n) is 9.36. The number of fused-ring (bicyclic) bond motifs is 1. The van der Waals surface area contributed by atoms with Crippen LogP contribution >= 0.6 is 0 Å². The van der Waals surface area contributed by atoms with Gasteiger partial charge in [0.15, 0.2) is 0 Å². The average Bonchev–Trinajstić information content (AvgIpc) is 2.63. The second-order valence-electron chi connectivity index (χ2n) is 7.45. The summed E-state index contributed by atoms with van der Waals surface area (Å²) in [6, 6.07) is 8.16. The molecule has 0 spiro atoms. The molecule has 6 nitrogen and oxygen atoms in total. The van der Waals surface area contributed by atoms with Gasteiger partial charge in [0, 0.05) is 38.6 Å². The van der Waals surface area contributed by atoms with Gasteiger partial charge in [-0.2, -0.15) is 0 Å². The third-order valence-electron chi connectivity index (χ3n) is 5.62. The Morgan fingerprint density at radius 1 is 1.28 bits per heavy atom. The van der Waals surface area contributed by atoms with Crippen LogP contribution in [0.25, 0.3) is 0 Å². The number of hydrogen-bond acceptors (Lipinski definition) is 4. The van der Waals surface area contributed by atoms with Crippen molar-refractivity contribution in [3.63, 3.8) is 0 Å². The Kier molecular flexibility index (Phi) is 4.81. The molecule has 3 atom stereocenters. The van der Waals surface area contributed by atoms with E-state index in [1.54, 1.807) is 0 Å². The van der Waals surface area contributed by atoms with Gasteiger partial charge < -0.3 is 25.0 Å². The Morgan fingerprint density at radius 2 is 2.16 bits per heavy atom. The van der Waals surface area contributed by atoms with Gasteiger partial charge in [-0.1, -0.05) is 18.2 Å². The molecular formula is C19H27N3O3. The van der Waals surface area contributed by atoms with E-state index >= 15 is 0 Å². The number of rotatable bonds is 3. The van der Waals surface area contributed by atoms with Gasteiger partial charge in [-0.05, 0) is 30.9 Å². The number of likely N-dealkylation sites (tertiary alicyclic amines) is 1. The third-order valence-corrected chi connectivity index (χ3v) is 5.62. The number of aliphatic hydroxyl groups is 1. The van der Waals surface area contributed by atoms with Crippen molar-refractivity contribution in [3.8, 4) is 5.75 Å². The normalized spacial score (nSPS) is 30.4. The van der Waals surface area contributed by atoms with Crippen LogP contribution < -0.4 is 10.1 Å². The SMILES string of the molecule is O=C1NCCCN1C1CCN(CC2COc3ccccc3C2)CC1O. The summed E-state index contributed by atoms with van der Waals surface area (Å²) in [4.78, 5) is 16.2. The van der Waals surface area contributed by atoms with Gasteiger partial charge in [-0.3, -0.25) is 0 Å². The van der Waals surface area contributed by atoms with E-state index in [2.05, 4.69) is 22.3 Å². The highest BCUT2D eigenvalue weighted by Crippen LogP contribution is 2.28. The molecule has 3 aliphatic rings. The molecule has 0 bridgehead atoms. The Hall–Kier alpha value is -1.79. The largest absolute Gasteiger partial charge is 0.493 e. The van der Waals surface area contributed by atoms with Crippen LogP contribution in [0.2, 0.25) is 0 Å². The number of nitrogens with zero attached hydrogens (tertiary/aromatic N) is 2. The molecule has 136 valence electrons. The van der Waals surface area contributed by atoms with Gasteiger partial charge in [0.1, 0.15) is 5.75 Å². The zero-order valence-corrected chi connectivity index (χ0v) is 14.6. The molecular weight excluding hydrogens is 318 g/mol. The van der Waals surface area contributed by atoms with Gasteiger partial charge in [0.2, 0.25) is 0 Å². The van der Waals surface area contributed by atoms with Gasteiger partial charge >= 0.3 is 6.03 Å².